The van der Waals surface area contributed by atoms with Crippen LogP contribution in [-0.4, -0.2) is 44.0 Å². The van der Waals surface area contributed by atoms with Gasteiger partial charge in [-0.2, -0.15) is 0 Å². The van der Waals surface area contributed by atoms with Crippen molar-refractivity contribution in [1.82, 2.24) is 19.8 Å². The second kappa shape index (κ2) is 6.82. The number of phenols is 1. The number of fused-ring (bicyclic) bond motifs is 1. The third-order valence-electron chi connectivity index (χ3n) is 5.21. The van der Waals surface area contributed by atoms with Gasteiger partial charge in [0.25, 0.3) is 5.91 Å². The standard InChI is InChI=1S/C19H22N4O3/c24-16-7-3-4-13(8-16)19(26)22-10-15-9-20-12-23(15)17(11-22)18(25)21-14-5-1-2-6-14/h3-4,7-9,12,14,17,24H,1-2,5-6,10-11H2,(H,21,25). The Balaban J connectivity index is 1.55. The highest BCUT2D eigenvalue weighted by Gasteiger charge is 2.34. The number of carbonyl (C=O) groups excluding carboxylic acids is 2. The minimum Gasteiger partial charge on any atom is -0.508 e. The van der Waals surface area contributed by atoms with Gasteiger partial charge >= 0.3 is 0 Å². The Morgan fingerprint density at radius 2 is 2.04 bits per heavy atom. The molecule has 136 valence electrons. The van der Waals surface area contributed by atoms with Gasteiger partial charge in [0.05, 0.1) is 25.1 Å². The lowest BCUT2D eigenvalue weighted by Gasteiger charge is -2.34. The van der Waals surface area contributed by atoms with Crippen LogP contribution >= 0.6 is 0 Å². The molecule has 0 radical (unpaired) electrons. The fraction of sp³-hybridized carbons (Fsp3) is 0.421. The van der Waals surface area contributed by atoms with Crippen molar-refractivity contribution < 1.29 is 14.7 Å². The van der Waals surface area contributed by atoms with Gasteiger partial charge in [-0.15, -0.1) is 0 Å². The summed E-state index contributed by atoms with van der Waals surface area (Å²) in [5, 5.41) is 12.8. The second-order valence-corrected chi connectivity index (χ2v) is 7.03. The molecule has 0 saturated heterocycles. The van der Waals surface area contributed by atoms with Gasteiger partial charge < -0.3 is 19.9 Å². The molecule has 1 atom stereocenters. The zero-order valence-electron chi connectivity index (χ0n) is 14.5. The predicted molar refractivity (Wildman–Crippen MR) is 94.5 cm³/mol. The first kappa shape index (κ1) is 16.6. The molecule has 1 saturated carbocycles. The van der Waals surface area contributed by atoms with Crippen LogP contribution in [0.25, 0.3) is 0 Å². The van der Waals surface area contributed by atoms with Crippen molar-refractivity contribution in [3.63, 3.8) is 0 Å². The summed E-state index contributed by atoms with van der Waals surface area (Å²) in [6.07, 6.45) is 7.67. The largest absolute Gasteiger partial charge is 0.508 e. The van der Waals surface area contributed by atoms with Gasteiger partial charge in [0.2, 0.25) is 5.91 Å². The van der Waals surface area contributed by atoms with Gasteiger partial charge in [-0.25, -0.2) is 4.98 Å². The molecule has 2 aliphatic rings. The van der Waals surface area contributed by atoms with E-state index in [0.717, 1.165) is 31.4 Å². The van der Waals surface area contributed by atoms with Crippen LogP contribution in [0.2, 0.25) is 0 Å². The number of benzene rings is 1. The number of carbonyl (C=O) groups is 2. The number of aromatic hydroxyl groups is 1. The van der Waals surface area contributed by atoms with Crippen molar-refractivity contribution in [3.8, 4) is 5.75 Å². The minimum atomic E-state index is -0.483. The van der Waals surface area contributed by atoms with Crippen LogP contribution in [0.1, 0.15) is 47.8 Å². The molecular formula is C19H22N4O3. The number of hydrogen-bond donors (Lipinski definition) is 2. The van der Waals surface area contributed by atoms with Crippen LogP contribution in [0.5, 0.6) is 5.75 Å². The normalized spacial score (nSPS) is 20.0. The SMILES string of the molecule is O=C(NC1CCCC1)C1CN(C(=O)c2cccc(O)c2)Cc2cncn21. The second-order valence-electron chi connectivity index (χ2n) is 7.03. The highest BCUT2D eigenvalue weighted by atomic mass is 16.3. The van der Waals surface area contributed by atoms with E-state index in [1.54, 1.807) is 29.6 Å². The maximum atomic E-state index is 12.8. The third-order valence-corrected chi connectivity index (χ3v) is 5.21. The van der Waals surface area contributed by atoms with E-state index in [4.69, 9.17) is 0 Å². The Kier molecular flexibility index (Phi) is 4.36. The van der Waals surface area contributed by atoms with E-state index in [-0.39, 0.29) is 30.2 Å². The minimum absolute atomic E-state index is 0.0495. The monoisotopic (exact) mass is 354 g/mol. The molecule has 2 aromatic rings. The molecule has 1 unspecified atom stereocenters. The van der Waals surface area contributed by atoms with E-state index in [1.165, 1.54) is 12.1 Å². The molecule has 1 fully saturated rings. The predicted octanol–water partition coefficient (Wildman–Crippen LogP) is 1.84. The lowest BCUT2D eigenvalue weighted by molar-refractivity contribution is -0.126. The first-order valence-electron chi connectivity index (χ1n) is 9.01. The van der Waals surface area contributed by atoms with Crippen LogP contribution in [0.3, 0.4) is 0 Å². The third kappa shape index (κ3) is 3.16. The summed E-state index contributed by atoms with van der Waals surface area (Å²) in [6, 6.07) is 6.03. The average molecular weight is 354 g/mol. The number of imidazole rings is 1. The van der Waals surface area contributed by atoms with E-state index in [0.29, 0.717) is 12.1 Å². The van der Waals surface area contributed by atoms with Crippen molar-refractivity contribution in [2.75, 3.05) is 6.54 Å². The maximum Gasteiger partial charge on any atom is 0.254 e. The average Bonchev–Trinajstić information content (AvgIpc) is 3.31. The fourth-order valence-electron chi connectivity index (χ4n) is 3.84. The Bertz CT molecular complexity index is 826. The van der Waals surface area contributed by atoms with Gasteiger partial charge in [0, 0.05) is 17.8 Å². The molecule has 1 aromatic heterocycles. The number of amides is 2. The Labute approximate surface area is 151 Å². The summed E-state index contributed by atoms with van der Waals surface area (Å²) in [5.74, 6) is -0.218. The van der Waals surface area contributed by atoms with E-state index in [9.17, 15) is 14.7 Å². The lowest BCUT2D eigenvalue weighted by atomic mass is 10.1. The first-order chi connectivity index (χ1) is 12.6. The molecule has 26 heavy (non-hydrogen) atoms. The number of aromatic nitrogens is 2. The number of nitrogens with one attached hydrogen (secondary N) is 1. The van der Waals surface area contributed by atoms with Crippen LogP contribution in [0.4, 0.5) is 0 Å². The summed E-state index contributed by atoms with van der Waals surface area (Å²) in [7, 11) is 0. The topological polar surface area (TPSA) is 87.5 Å². The van der Waals surface area contributed by atoms with E-state index >= 15 is 0 Å². The summed E-state index contributed by atoms with van der Waals surface area (Å²) in [5.41, 5.74) is 1.24. The quantitative estimate of drug-likeness (QED) is 0.880. The van der Waals surface area contributed by atoms with Gasteiger partial charge in [-0.05, 0) is 31.0 Å². The molecule has 0 bridgehead atoms. The van der Waals surface area contributed by atoms with Crippen molar-refractivity contribution >= 4 is 11.8 Å². The van der Waals surface area contributed by atoms with Crippen LogP contribution in [-0.2, 0) is 11.3 Å². The van der Waals surface area contributed by atoms with Crippen LogP contribution < -0.4 is 5.32 Å². The van der Waals surface area contributed by atoms with Gasteiger partial charge in [0.1, 0.15) is 11.8 Å². The number of rotatable bonds is 3. The zero-order chi connectivity index (χ0) is 18.1. The molecule has 1 aromatic carbocycles. The maximum absolute atomic E-state index is 12.8. The molecular weight excluding hydrogens is 332 g/mol. The molecule has 1 aliphatic carbocycles. The van der Waals surface area contributed by atoms with Crippen molar-refractivity contribution in [3.05, 3.63) is 48.0 Å². The fourth-order valence-corrected chi connectivity index (χ4v) is 3.84. The number of hydrogen-bond acceptors (Lipinski definition) is 4. The molecule has 4 rings (SSSR count). The molecule has 2 amide bonds. The molecule has 7 nitrogen and oxygen atoms in total. The van der Waals surface area contributed by atoms with E-state index < -0.39 is 6.04 Å². The molecule has 0 spiro atoms. The van der Waals surface area contributed by atoms with Crippen molar-refractivity contribution in [2.24, 2.45) is 0 Å². The highest BCUT2D eigenvalue weighted by molar-refractivity contribution is 5.95. The smallest absolute Gasteiger partial charge is 0.254 e. The molecule has 1 aliphatic heterocycles. The Hall–Kier alpha value is -2.83. The number of phenolic OH excluding ortho intramolecular Hbond substituents is 1. The lowest BCUT2D eigenvalue weighted by Crippen LogP contribution is -2.48. The number of nitrogens with zero attached hydrogens (tertiary/aromatic N) is 3. The van der Waals surface area contributed by atoms with Gasteiger partial charge in [-0.1, -0.05) is 18.9 Å². The molecule has 2 heterocycles. The van der Waals surface area contributed by atoms with Crippen molar-refractivity contribution in [1.29, 1.82) is 0 Å². The summed E-state index contributed by atoms with van der Waals surface area (Å²) >= 11 is 0. The molecule has 2 N–H and O–H groups in total. The summed E-state index contributed by atoms with van der Waals surface area (Å²) in [6.45, 7) is 0.679. The van der Waals surface area contributed by atoms with E-state index in [1.807, 2.05) is 4.57 Å². The zero-order valence-corrected chi connectivity index (χ0v) is 14.5. The van der Waals surface area contributed by atoms with Crippen LogP contribution in [0.15, 0.2) is 36.8 Å². The first-order valence-corrected chi connectivity index (χ1v) is 9.01. The summed E-state index contributed by atoms with van der Waals surface area (Å²) < 4.78 is 1.86. The summed E-state index contributed by atoms with van der Waals surface area (Å²) in [4.78, 5) is 31.5. The van der Waals surface area contributed by atoms with Crippen molar-refractivity contribution in [2.45, 2.75) is 44.3 Å². The molecule has 7 heteroatoms. The van der Waals surface area contributed by atoms with Gasteiger partial charge in [-0.3, -0.25) is 9.59 Å². The van der Waals surface area contributed by atoms with E-state index in [2.05, 4.69) is 10.3 Å². The van der Waals surface area contributed by atoms with Gasteiger partial charge in [0.15, 0.2) is 0 Å². The van der Waals surface area contributed by atoms with Crippen LogP contribution in [0, 0.1) is 0 Å². The Morgan fingerprint density at radius 1 is 1.23 bits per heavy atom. The highest BCUT2D eigenvalue weighted by Crippen LogP contribution is 2.25. The Morgan fingerprint density at radius 3 is 2.81 bits per heavy atom.